The van der Waals surface area contributed by atoms with Crippen molar-refractivity contribution in [2.24, 2.45) is 5.92 Å². The first-order valence-corrected chi connectivity index (χ1v) is 8.06. The fourth-order valence-electron chi connectivity index (χ4n) is 3.99. The Kier molecular flexibility index (Phi) is 3.78. The molecule has 0 nitrogen and oxygen atoms in total. The third-order valence-electron chi connectivity index (χ3n) is 5.19. The molecule has 0 N–H and O–H groups in total. The zero-order chi connectivity index (χ0) is 15.7. The molecule has 0 bridgehead atoms. The van der Waals surface area contributed by atoms with Crippen molar-refractivity contribution in [1.82, 2.24) is 0 Å². The summed E-state index contributed by atoms with van der Waals surface area (Å²) in [5, 5.41) is 0. The van der Waals surface area contributed by atoms with E-state index in [9.17, 15) is 0 Å². The maximum Gasteiger partial charge on any atom is 0.0394 e. The molecule has 0 heterocycles. The number of rotatable bonds is 3. The molecule has 1 aliphatic rings. The number of allylic oxidation sites excluding steroid dienone is 4. The van der Waals surface area contributed by atoms with E-state index in [-0.39, 0.29) is 5.41 Å². The van der Waals surface area contributed by atoms with Gasteiger partial charge in [0, 0.05) is 5.41 Å². The minimum Gasteiger partial charge on any atom is -0.0744 e. The molecule has 1 atom stereocenters. The first-order valence-electron chi connectivity index (χ1n) is 8.06. The third-order valence-corrected chi connectivity index (χ3v) is 5.19. The monoisotopic (exact) mass is 288 g/mol. The average Bonchev–Trinajstić information content (AvgIpc) is 2.81. The standard InChI is InChI=1S/C22H24/c1-16-15-17(2)21(18(16)3)22(4,19-11-7-5-8-12-19)20-13-9-6-10-14-20/h5-15,17H,1-4H3. The zero-order valence-electron chi connectivity index (χ0n) is 13.9. The smallest absolute Gasteiger partial charge is 0.0394 e. The van der Waals surface area contributed by atoms with Gasteiger partial charge in [0.15, 0.2) is 0 Å². The van der Waals surface area contributed by atoms with Crippen LogP contribution in [0.15, 0.2) is 83.5 Å². The molecule has 0 heteroatoms. The fraction of sp³-hybridized carbons (Fsp3) is 0.273. The van der Waals surface area contributed by atoms with Crippen LogP contribution < -0.4 is 0 Å². The van der Waals surface area contributed by atoms with Crippen molar-refractivity contribution >= 4 is 0 Å². The van der Waals surface area contributed by atoms with Crippen molar-refractivity contribution in [2.75, 3.05) is 0 Å². The largest absolute Gasteiger partial charge is 0.0744 e. The van der Waals surface area contributed by atoms with Gasteiger partial charge >= 0.3 is 0 Å². The molecule has 0 saturated carbocycles. The summed E-state index contributed by atoms with van der Waals surface area (Å²) in [4.78, 5) is 0. The summed E-state index contributed by atoms with van der Waals surface area (Å²) in [5.74, 6) is 0.477. The van der Waals surface area contributed by atoms with Crippen molar-refractivity contribution in [3.05, 3.63) is 94.6 Å². The van der Waals surface area contributed by atoms with Crippen molar-refractivity contribution in [3.8, 4) is 0 Å². The summed E-state index contributed by atoms with van der Waals surface area (Å²) in [7, 11) is 0. The second-order valence-corrected chi connectivity index (χ2v) is 6.53. The Labute approximate surface area is 134 Å². The molecule has 0 saturated heterocycles. The van der Waals surface area contributed by atoms with E-state index in [0.717, 1.165) is 0 Å². The lowest BCUT2D eigenvalue weighted by atomic mass is 9.67. The highest BCUT2D eigenvalue weighted by molar-refractivity contribution is 5.56. The van der Waals surface area contributed by atoms with Crippen LogP contribution in [0.25, 0.3) is 0 Å². The molecule has 112 valence electrons. The van der Waals surface area contributed by atoms with Gasteiger partial charge in [0.05, 0.1) is 0 Å². The lowest BCUT2D eigenvalue weighted by Gasteiger charge is -2.36. The van der Waals surface area contributed by atoms with E-state index in [2.05, 4.69) is 94.4 Å². The average molecular weight is 288 g/mol. The van der Waals surface area contributed by atoms with Gasteiger partial charge in [-0.05, 0) is 49.0 Å². The Morgan fingerprint density at radius 1 is 0.773 bits per heavy atom. The van der Waals surface area contributed by atoms with Crippen LogP contribution in [0.1, 0.15) is 38.8 Å². The van der Waals surface area contributed by atoms with Gasteiger partial charge in [-0.15, -0.1) is 0 Å². The van der Waals surface area contributed by atoms with Crippen LogP contribution in [-0.2, 0) is 5.41 Å². The molecule has 0 aromatic heterocycles. The lowest BCUT2D eigenvalue weighted by Crippen LogP contribution is -2.29. The third kappa shape index (κ3) is 2.23. The van der Waals surface area contributed by atoms with Crippen molar-refractivity contribution in [2.45, 2.75) is 33.1 Å². The number of hydrogen-bond acceptors (Lipinski definition) is 0. The van der Waals surface area contributed by atoms with Gasteiger partial charge in [0.2, 0.25) is 0 Å². The summed E-state index contributed by atoms with van der Waals surface area (Å²) < 4.78 is 0. The van der Waals surface area contributed by atoms with E-state index in [1.165, 1.54) is 27.8 Å². The van der Waals surface area contributed by atoms with Gasteiger partial charge < -0.3 is 0 Å². The predicted octanol–water partition coefficient (Wildman–Crippen LogP) is 5.91. The molecule has 0 fully saturated rings. The van der Waals surface area contributed by atoms with Crippen LogP contribution >= 0.6 is 0 Å². The van der Waals surface area contributed by atoms with Gasteiger partial charge in [-0.25, -0.2) is 0 Å². The van der Waals surface area contributed by atoms with E-state index < -0.39 is 0 Å². The Morgan fingerprint density at radius 2 is 1.23 bits per heavy atom. The van der Waals surface area contributed by atoms with Crippen molar-refractivity contribution < 1.29 is 0 Å². The summed E-state index contributed by atoms with van der Waals surface area (Å²) in [6.45, 7) is 9.20. The quantitative estimate of drug-likeness (QED) is 0.659. The highest BCUT2D eigenvalue weighted by atomic mass is 14.4. The van der Waals surface area contributed by atoms with Gasteiger partial charge in [-0.2, -0.15) is 0 Å². The Bertz CT molecular complexity index is 678. The normalized spacial score (nSPS) is 18.5. The van der Waals surface area contributed by atoms with Gasteiger partial charge in [0.25, 0.3) is 0 Å². The minimum atomic E-state index is -0.0831. The zero-order valence-corrected chi connectivity index (χ0v) is 13.9. The first-order chi connectivity index (χ1) is 10.5. The number of hydrogen-bond donors (Lipinski definition) is 0. The molecule has 0 amide bonds. The maximum absolute atomic E-state index is 2.40. The van der Waals surface area contributed by atoms with E-state index in [4.69, 9.17) is 0 Å². The molecule has 22 heavy (non-hydrogen) atoms. The van der Waals surface area contributed by atoms with Gasteiger partial charge in [-0.1, -0.05) is 79.2 Å². The van der Waals surface area contributed by atoms with Crippen LogP contribution in [0.5, 0.6) is 0 Å². The molecule has 3 rings (SSSR count). The molecule has 0 aliphatic heterocycles. The summed E-state index contributed by atoms with van der Waals surface area (Å²) >= 11 is 0. The van der Waals surface area contributed by atoms with E-state index >= 15 is 0 Å². The molecule has 0 radical (unpaired) electrons. The SMILES string of the molecule is CC1=CC(C)C(C(C)(c2ccccc2)c2ccccc2)=C1C. The van der Waals surface area contributed by atoms with E-state index in [1.807, 2.05) is 0 Å². The van der Waals surface area contributed by atoms with Crippen LogP contribution in [0, 0.1) is 5.92 Å². The lowest BCUT2D eigenvalue weighted by molar-refractivity contribution is 0.603. The Hall–Kier alpha value is -2.08. The molecule has 0 spiro atoms. The van der Waals surface area contributed by atoms with Crippen LogP contribution in [0.2, 0.25) is 0 Å². The first kappa shape index (κ1) is 14.8. The minimum absolute atomic E-state index is 0.0831. The van der Waals surface area contributed by atoms with Crippen LogP contribution in [0.3, 0.4) is 0 Å². The van der Waals surface area contributed by atoms with E-state index in [1.54, 1.807) is 0 Å². The van der Waals surface area contributed by atoms with Crippen molar-refractivity contribution in [1.29, 1.82) is 0 Å². The van der Waals surface area contributed by atoms with Crippen LogP contribution in [-0.4, -0.2) is 0 Å². The van der Waals surface area contributed by atoms with Gasteiger partial charge in [-0.3, -0.25) is 0 Å². The molecular weight excluding hydrogens is 264 g/mol. The molecular formula is C22H24. The molecule has 2 aromatic rings. The topological polar surface area (TPSA) is 0 Å². The highest BCUT2D eigenvalue weighted by Crippen LogP contribution is 2.47. The van der Waals surface area contributed by atoms with Gasteiger partial charge in [0.1, 0.15) is 0 Å². The summed E-state index contributed by atoms with van der Waals surface area (Å²) in [6, 6.07) is 21.8. The second kappa shape index (κ2) is 5.61. The molecule has 1 unspecified atom stereocenters. The second-order valence-electron chi connectivity index (χ2n) is 6.53. The molecule has 1 aliphatic carbocycles. The number of benzene rings is 2. The fourth-order valence-corrected chi connectivity index (χ4v) is 3.99. The van der Waals surface area contributed by atoms with E-state index in [0.29, 0.717) is 5.92 Å². The Morgan fingerprint density at radius 3 is 1.59 bits per heavy atom. The highest BCUT2D eigenvalue weighted by Gasteiger charge is 2.38. The van der Waals surface area contributed by atoms with Crippen molar-refractivity contribution in [3.63, 3.8) is 0 Å². The molecule has 2 aromatic carbocycles. The Balaban J connectivity index is 2.27. The predicted molar refractivity (Wildman–Crippen MR) is 95.0 cm³/mol. The summed E-state index contributed by atoms with van der Waals surface area (Å²) in [5.41, 5.74) is 7.04. The summed E-state index contributed by atoms with van der Waals surface area (Å²) in [6.07, 6.45) is 2.40. The van der Waals surface area contributed by atoms with Crippen LogP contribution in [0.4, 0.5) is 0 Å². The maximum atomic E-state index is 2.40.